The summed E-state index contributed by atoms with van der Waals surface area (Å²) >= 11 is 1.55. The molecule has 0 saturated carbocycles. The molecular formula is C21H24N2O2S. The van der Waals surface area contributed by atoms with Crippen molar-refractivity contribution in [2.75, 3.05) is 13.1 Å². The van der Waals surface area contributed by atoms with Gasteiger partial charge in [-0.25, -0.2) is 0 Å². The number of amides is 2. The Labute approximate surface area is 158 Å². The Morgan fingerprint density at radius 1 is 1.04 bits per heavy atom. The van der Waals surface area contributed by atoms with Gasteiger partial charge in [-0.3, -0.25) is 9.59 Å². The van der Waals surface area contributed by atoms with Gasteiger partial charge in [-0.15, -0.1) is 11.3 Å². The first kappa shape index (κ1) is 18.4. The lowest BCUT2D eigenvalue weighted by atomic mass is 10.1. The third kappa shape index (κ3) is 4.82. The summed E-state index contributed by atoms with van der Waals surface area (Å²) in [6.07, 6.45) is 6.13. The molecule has 3 rings (SSSR count). The molecule has 0 spiro atoms. The molecule has 2 amide bonds. The summed E-state index contributed by atoms with van der Waals surface area (Å²) in [5, 5.41) is 4.81. The number of likely N-dealkylation sites (tertiary alicyclic amines) is 1. The van der Waals surface area contributed by atoms with Gasteiger partial charge < -0.3 is 10.2 Å². The Kier molecular flexibility index (Phi) is 6.23. The number of carbonyl (C=O) groups excluding carboxylic acids is 2. The molecule has 4 nitrogen and oxygen atoms in total. The number of hydrogen-bond donors (Lipinski definition) is 1. The van der Waals surface area contributed by atoms with Crippen LogP contribution in [0.2, 0.25) is 0 Å². The van der Waals surface area contributed by atoms with Crippen LogP contribution in [0.1, 0.15) is 46.5 Å². The van der Waals surface area contributed by atoms with E-state index in [1.807, 2.05) is 41.5 Å². The number of nitrogens with one attached hydrogen (secondary N) is 1. The van der Waals surface area contributed by atoms with Gasteiger partial charge in [0.05, 0.1) is 0 Å². The average Bonchev–Trinajstić information content (AvgIpc) is 3.00. The highest BCUT2D eigenvalue weighted by molar-refractivity contribution is 7.10. The minimum absolute atomic E-state index is 0.0965. The van der Waals surface area contributed by atoms with E-state index in [1.54, 1.807) is 29.5 Å². The standard InChI is InChI=1S/C21H24N2O2S/c1-16-8-10-17(11-9-16)20(24)22-19(15-18-7-6-14-26-18)21(25)23-12-4-2-3-5-13-23/h6-11,14-15H,2-5,12-13H2,1H3,(H,22,24)/b19-15-. The van der Waals surface area contributed by atoms with E-state index in [0.717, 1.165) is 49.2 Å². The van der Waals surface area contributed by atoms with Crippen molar-refractivity contribution in [3.8, 4) is 0 Å². The summed E-state index contributed by atoms with van der Waals surface area (Å²) in [5.41, 5.74) is 1.99. The van der Waals surface area contributed by atoms with E-state index in [-0.39, 0.29) is 11.8 Å². The maximum Gasteiger partial charge on any atom is 0.270 e. The third-order valence-corrected chi connectivity index (χ3v) is 5.33. The molecule has 1 aromatic heterocycles. The molecule has 1 aliphatic rings. The summed E-state index contributed by atoms with van der Waals surface area (Å²) in [6.45, 7) is 3.48. The molecule has 1 N–H and O–H groups in total. The number of hydrogen-bond acceptors (Lipinski definition) is 3. The molecule has 1 saturated heterocycles. The highest BCUT2D eigenvalue weighted by Crippen LogP contribution is 2.17. The van der Waals surface area contributed by atoms with Crippen LogP contribution in [0.25, 0.3) is 6.08 Å². The third-order valence-electron chi connectivity index (χ3n) is 4.52. The highest BCUT2D eigenvalue weighted by atomic mass is 32.1. The number of aryl methyl sites for hydroxylation is 1. The minimum Gasteiger partial charge on any atom is -0.337 e. The molecule has 2 heterocycles. The number of nitrogens with zero attached hydrogens (tertiary/aromatic N) is 1. The first-order valence-corrected chi connectivity index (χ1v) is 9.94. The summed E-state index contributed by atoms with van der Waals surface area (Å²) in [7, 11) is 0. The Bertz CT molecular complexity index is 771. The van der Waals surface area contributed by atoms with E-state index < -0.39 is 0 Å². The Morgan fingerprint density at radius 2 is 1.73 bits per heavy atom. The summed E-state index contributed by atoms with van der Waals surface area (Å²) < 4.78 is 0. The van der Waals surface area contributed by atoms with E-state index in [4.69, 9.17) is 0 Å². The molecule has 1 aromatic carbocycles. The van der Waals surface area contributed by atoms with E-state index in [9.17, 15) is 9.59 Å². The van der Waals surface area contributed by atoms with Gasteiger partial charge in [0.2, 0.25) is 0 Å². The normalized spacial score (nSPS) is 15.4. The smallest absolute Gasteiger partial charge is 0.270 e. The van der Waals surface area contributed by atoms with Gasteiger partial charge in [-0.05, 0) is 49.4 Å². The van der Waals surface area contributed by atoms with Crippen molar-refractivity contribution in [1.82, 2.24) is 10.2 Å². The largest absolute Gasteiger partial charge is 0.337 e. The maximum absolute atomic E-state index is 13.0. The van der Waals surface area contributed by atoms with E-state index in [0.29, 0.717) is 11.3 Å². The topological polar surface area (TPSA) is 49.4 Å². The van der Waals surface area contributed by atoms with Gasteiger partial charge in [0.15, 0.2) is 0 Å². The fourth-order valence-corrected chi connectivity index (χ4v) is 3.67. The fraction of sp³-hybridized carbons (Fsp3) is 0.333. The molecule has 0 aliphatic carbocycles. The van der Waals surface area contributed by atoms with Gasteiger partial charge >= 0.3 is 0 Å². The molecule has 136 valence electrons. The molecular weight excluding hydrogens is 344 g/mol. The monoisotopic (exact) mass is 368 g/mol. The lowest BCUT2D eigenvalue weighted by Gasteiger charge is -2.22. The highest BCUT2D eigenvalue weighted by Gasteiger charge is 2.21. The first-order chi connectivity index (χ1) is 12.6. The molecule has 2 aromatic rings. The number of benzene rings is 1. The van der Waals surface area contributed by atoms with Gasteiger partial charge in [0.1, 0.15) is 5.70 Å². The predicted molar refractivity (Wildman–Crippen MR) is 106 cm³/mol. The van der Waals surface area contributed by atoms with Crippen molar-refractivity contribution >= 4 is 29.2 Å². The molecule has 1 fully saturated rings. The second kappa shape index (κ2) is 8.81. The van der Waals surface area contributed by atoms with Crippen LogP contribution in [0.4, 0.5) is 0 Å². The SMILES string of the molecule is Cc1ccc(C(=O)N/C(=C\c2cccs2)C(=O)N2CCCCCC2)cc1. The van der Waals surface area contributed by atoms with Crippen LogP contribution < -0.4 is 5.32 Å². The van der Waals surface area contributed by atoms with Gasteiger partial charge in [-0.1, -0.05) is 36.6 Å². The van der Waals surface area contributed by atoms with Crippen molar-refractivity contribution < 1.29 is 9.59 Å². The Hall–Kier alpha value is -2.40. The van der Waals surface area contributed by atoms with Crippen molar-refractivity contribution in [2.45, 2.75) is 32.6 Å². The fourth-order valence-electron chi connectivity index (χ4n) is 3.01. The number of rotatable bonds is 4. The molecule has 26 heavy (non-hydrogen) atoms. The van der Waals surface area contributed by atoms with Crippen LogP contribution in [-0.2, 0) is 4.79 Å². The van der Waals surface area contributed by atoms with Gasteiger partial charge in [0.25, 0.3) is 11.8 Å². The maximum atomic E-state index is 13.0. The van der Waals surface area contributed by atoms with Crippen molar-refractivity contribution in [1.29, 1.82) is 0 Å². The van der Waals surface area contributed by atoms with Crippen LogP contribution in [0.3, 0.4) is 0 Å². The van der Waals surface area contributed by atoms with Gasteiger partial charge in [0, 0.05) is 23.5 Å². The molecule has 0 atom stereocenters. The molecule has 0 unspecified atom stereocenters. The van der Waals surface area contributed by atoms with E-state index >= 15 is 0 Å². The molecule has 0 radical (unpaired) electrons. The second-order valence-corrected chi connectivity index (χ2v) is 7.58. The summed E-state index contributed by atoms with van der Waals surface area (Å²) in [4.78, 5) is 28.5. The van der Waals surface area contributed by atoms with Crippen LogP contribution in [0, 0.1) is 6.92 Å². The Morgan fingerprint density at radius 3 is 2.35 bits per heavy atom. The molecule has 5 heteroatoms. The lowest BCUT2D eigenvalue weighted by Crippen LogP contribution is -2.38. The van der Waals surface area contributed by atoms with E-state index in [1.165, 1.54) is 0 Å². The van der Waals surface area contributed by atoms with Crippen LogP contribution in [-0.4, -0.2) is 29.8 Å². The van der Waals surface area contributed by atoms with Crippen molar-refractivity contribution in [2.24, 2.45) is 0 Å². The summed E-state index contributed by atoms with van der Waals surface area (Å²) in [6, 6.07) is 11.2. The summed E-state index contributed by atoms with van der Waals surface area (Å²) in [5.74, 6) is -0.350. The zero-order chi connectivity index (χ0) is 18.4. The van der Waals surface area contributed by atoms with Crippen molar-refractivity contribution in [3.05, 3.63) is 63.5 Å². The quantitative estimate of drug-likeness (QED) is 0.821. The van der Waals surface area contributed by atoms with Crippen molar-refractivity contribution in [3.63, 3.8) is 0 Å². The predicted octanol–water partition coefficient (Wildman–Crippen LogP) is 4.23. The molecule has 0 bridgehead atoms. The van der Waals surface area contributed by atoms with Crippen LogP contribution in [0.15, 0.2) is 47.5 Å². The molecule has 1 aliphatic heterocycles. The van der Waals surface area contributed by atoms with Crippen LogP contribution >= 0.6 is 11.3 Å². The second-order valence-electron chi connectivity index (χ2n) is 6.60. The lowest BCUT2D eigenvalue weighted by molar-refractivity contribution is -0.127. The Balaban J connectivity index is 1.82. The number of carbonyl (C=O) groups is 2. The minimum atomic E-state index is -0.254. The zero-order valence-corrected chi connectivity index (χ0v) is 15.8. The zero-order valence-electron chi connectivity index (χ0n) is 15.0. The first-order valence-electron chi connectivity index (χ1n) is 9.06. The van der Waals surface area contributed by atoms with Gasteiger partial charge in [-0.2, -0.15) is 0 Å². The number of thiophene rings is 1. The van der Waals surface area contributed by atoms with Crippen LogP contribution in [0.5, 0.6) is 0 Å². The average molecular weight is 369 g/mol. The van der Waals surface area contributed by atoms with E-state index in [2.05, 4.69) is 5.32 Å².